The third kappa shape index (κ3) is 3.24. The summed E-state index contributed by atoms with van der Waals surface area (Å²) in [7, 11) is 0. The molecule has 3 aromatic rings. The molecule has 0 unspecified atom stereocenters. The van der Waals surface area contributed by atoms with Crippen molar-refractivity contribution in [3.63, 3.8) is 0 Å². The summed E-state index contributed by atoms with van der Waals surface area (Å²) in [6.45, 7) is -0.354. The lowest BCUT2D eigenvalue weighted by atomic mass is 9.97. The van der Waals surface area contributed by atoms with Gasteiger partial charge in [-0.15, -0.1) is 11.3 Å². The molecule has 0 aliphatic heterocycles. The van der Waals surface area contributed by atoms with Crippen molar-refractivity contribution in [2.75, 3.05) is 11.9 Å². The minimum atomic E-state index is -0.712. The number of anilines is 1. The largest absolute Gasteiger partial charge is 0.467 e. The number of aromatic nitrogens is 2. The van der Waals surface area contributed by atoms with Gasteiger partial charge in [0.1, 0.15) is 22.8 Å². The van der Waals surface area contributed by atoms with Crippen molar-refractivity contribution >= 4 is 33.1 Å². The number of carbonyl (C=O) groups is 1. The second-order valence-corrected chi connectivity index (χ2v) is 7.11. The van der Waals surface area contributed by atoms with Gasteiger partial charge in [-0.1, -0.05) is 0 Å². The highest BCUT2D eigenvalue weighted by Crippen LogP contribution is 2.38. The number of thiophene rings is 1. The number of ether oxygens (including phenoxy) is 1. The fraction of sp³-hybridized carbons (Fsp3) is 0.278. The van der Waals surface area contributed by atoms with Crippen LogP contribution < -0.4 is 10.1 Å². The van der Waals surface area contributed by atoms with Crippen molar-refractivity contribution < 1.29 is 18.3 Å². The standard InChI is InChI=1S/C18H15F2N3O2S/c19-10-5-6-12(20)13(7-10)23-15(24)8-25-17-16-11-3-1-2-4-14(11)26-18(16)22-9-21-17/h5-7,9H,1-4,8H2,(H,23,24). The van der Waals surface area contributed by atoms with E-state index in [1.54, 1.807) is 11.3 Å². The van der Waals surface area contributed by atoms with E-state index >= 15 is 0 Å². The molecule has 0 fully saturated rings. The first-order valence-electron chi connectivity index (χ1n) is 8.25. The van der Waals surface area contributed by atoms with Crippen LogP contribution in [0.15, 0.2) is 24.5 Å². The topological polar surface area (TPSA) is 64.1 Å². The summed E-state index contributed by atoms with van der Waals surface area (Å²) >= 11 is 1.63. The van der Waals surface area contributed by atoms with Gasteiger partial charge in [0.05, 0.1) is 11.1 Å². The summed E-state index contributed by atoms with van der Waals surface area (Å²) in [5, 5.41) is 3.16. The highest BCUT2D eigenvalue weighted by Gasteiger charge is 2.21. The Kier molecular flexibility index (Phi) is 4.50. The number of hydrogen-bond acceptors (Lipinski definition) is 5. The molecule has 0 bridgehead atoms. The summed E-state index contributed by atoms with van der Waals surface area (Å²) in [5.74, 6) is -1.59. The number of carbonyl (C=O) groups excluding carboxylic acids is 1. The fourth-order valence-corrected chi connectivity index (χ4v) is 4.30. The lowest BCUT2D eigenvalue weighted by molar-refractivity contribution is -0.118. The van der Waals surface area contributed by atoms with E-state index < -0.39 is 17.5 Å². The summed E-state index contributed by atoms with van der Waals surface area (Å²) in [6.07, 6.45) is 5.64. The van der Waals surface area contributed by atoms with Gasteiger partial charge in [-0.2, -0.15) is 0 Å². The maximum Gasteiger partial charge on any atom is 0.262 e. The molecule has 2 heterocycles. The number of fused-ring (bicyclic) bond motifs is 3. The van der Waals surface area contributed by atoms with Gasteiger partial charge in [-0.05, 0) is 43.4 Å². The van der Waals surface area contributed by atoms with Crippen LogP contribution in [-0.4, -0.2) is 22.5 Å². The monoisotopic (exact) mass is 375 g/mol. The first kappa shape index (κ1) is 16.8. The number of amides is 1. The molecule has 1 aliphatic carbocycles. The molecule has 5 nitrogen and oxygen atoms in total. The zero-order valence-corrected chi connectivity index (χ0v) is 14.5. The van der Waals surface area contributed by atoms with Crippen molar-refractivity contribution in [2.45, 2.75) is 25.7 Å². The Bertz CT molecular complexity index is 990. The van der Waals surface area contributed by atoms with E-state index in [9.17, 15) is 13.6 Å². The molecular weight excluding hydrogens is 360 g/mol. The number of aryl methyl sites for hydroxylation is 2. The van der Waals surface area contributed by atoms with Crippen LogP contribution >= 0.6 is 11.3 Å². The van der Waals surface area contributed by atoms with Gasteiger partial charge in [-0.25, -0.2) is 18.7 Å². The van der Waals surface area contributed by atoms with Crippen molar-refractivity contribution in [3.05, 3.63) is 46.6 Å². The molecule has 1 aromatic carbocycles. The van der Waals surface area contributed by atoms with Crippen LogP contribution in [0, 0.1) is 11.6 Å². The molecule has 2 aromatic heterocycles. The number of rotatable bonds is 4. The van der Waals surface area contributed by atoms with Crippen LogP contribution in [0.2, 0.25) is 0 Å². The van der Waals surface area contributed by atoms with Crippen LogP contribution in [0.4, 0.5) is 14.5 Å². The smallest absolute Gasteiger partial charge is 0.262 e. The second-order valence-electron chi connectivity index (χ2n) is 6.03. The molecule has 1 amide bonds. The number of nitrogens with one attached hydrogen (secondary N) is 1. The minimum Gasteiger partial charge on any atom is -0.467 e. The minimum absolute atomic E-state index is 0.223. The van der Waals surface area contributed by atoms with Crippen molar-refractivity contribution in [1.82, 2.24) is 9.97 Å². The average Bonchev–Trinajstić information content (AvgIpc) is 3.02. The molecule has 134 valence electrons. The molecule has 1 aliphatic rings. The third-order valence-electron chi connectivity index (χ3n) is 4.26. The van der Waals surface area contributed by atoms with Crippen molar-refractivity contribution in [2.24, 2.45) is 0 Å². The van der Waals surface area contributed by atoms with Gasteiger partial charge in [0, 0.05) is 10.9 Å². The Hall–Kier alpha value is -2.61. The van der Waals surface area contributed by atoms with Crippen LogP contribution in [0.3, 0.4) is 0 Å². The van der Waals surface area contributed by atoms with Crippen LogP contribution in [-0.2, 0) is 17.6 Å². The zero-order valence-electron chi connectivity index (χ0n) is 13.7. The first-order valence-corrected chi connectivity index (χ1v) is 9.06. The molecule has 1 N–H and O–H groups in total. The highest BCUT2D eigenvalue weighted by molar-refractivity contribution is 7.18. The highest BCUT2D eigenvalue weighted by atomic mass is 32.1. The van der Waals surface area contributed by atoms with E-state index in [1.165, 1.54) is 16.8 Å². The van der Waals surface area contributed by atoms with E-state index in [2.05, 4.69) is 15.3 Å². The Balaban J connectivity index is 1.52. The molecule has 0 saturated heterocycles. The average molecular weight is 375 g/mol. The molecule has 0 atom stereocenters. The number of hydrogen-bond donors (Lipinski definition) is 1. The third-order valence-corrected chi connectivity index (χ3v) is 5.46. The summed E-state index contributed by atoms with van der Waals surface area (Å²) in [6, 6.07) is 2.86. The zero-order chi connectivity index (χ0) is 18.1. The fourth-order valence-electron chi connectivity index (χ4n) is 3.08. The summed E-state index contributed by atoms with van der Waals surface area (Å²) in [5.41, 5.74) is 0.975. The van der Waals surface area contributed by atoms with Gasteiger partial charge in [0.15, 0.2) is 6.61 Å². The Labute approximate surface area is 152 Å². The summed E-state index contributed by atoms with van der Waals surface area (Å²) < 4.78 is 32.4. The maximum atomic E-state index is 13.6. The molecule has 0 spiro atoms. The SMILES string of the molecule is O=C(COc1ncnc2sc3c(c12)CCCC3)Nc1cc(F)ccc1F. The number of nitrogens with zero attached hydrogens (tertiary/aromatic N) is 2. The Morgan fingerprint density at radius 1 is 1.23 bits per heavy atom. The predicted octanol–water partition coefficient (Wildman–Crippen LogP) is 3.87. The predicted molar refractivity (Wildman–Crippen MR) is 94.5 cm³/mol. The Morgan fingerprint density at radius 3 is 2.96 bits per heavy atom. The van der Waals surface area contributed by atoms with Crippen molar-refractivity contribution in [1.29, 1.82) is 0 Å². The maximum absolute atomic E-state index is 13.6. The van der Waals surface area contributed by atoms with Crippen LogP contribution in [0.5, 0.6) is 5.88 Å². The number of benzene rings is 1. The van der Waals surface area contributed by atoms with Gasteiger partial charge < -0.3 is 10.1 Å². The van der Waals surface area contributed by atoms with Crippen LogP contribution in [0.1, 0.15) is 23.3 Å². The second kappa shape index (κ2) is 6.95. The van der Waals surface area contributed by atoms with E-state index in [1.807, 2.05) is 0 Å². The van der Waals surface area contributed by atoms with Crippen molar-refractivity contribution in [3.8, 4) is 5.88 Å². The van der Waals surface area contributed by atoms with Gasteiger partial charge in [0.25, 0.3) is 5.91 Å². The van der Waals surface area contributed by atoms with E-state index in [0.29, 0.717) is 5.88 Å². The van der Waals surface area contributed by atoms with Gasteiger partial charge in [-0.3, -0.25) is 4.79 Å². The number of halogens is 2. The van der Waals surface area contributed by atoms with Gasteiger partial charge >= 0.3 is 0 Å². The Morgan fingerprint density at radius 2 is 2.08 bits per heavy atom. The van der Waals surface area contributed by atoms with Crippen LogP contribution in [0.25, 0.3) is 10.2 Å². The molecule has 0 saturated carbocycles. The molecular formula is C18H15F2N3O2S. The molecule has 0 radical (unpaired) electrons. The van der Waals surface area contributed by atoms with E-state index in [4.69, 9.17) is 4.74 Å². The quantitative estimate of drug-likeness (QED) is 0.752. The lowest BCUT2D eigenvalue weighted by Gasteiger charge is -2.12. The molecule has 26 heavy (non-hydrogen) atoms. The molecule has 8 heteroatoms. The lowest BCUT2D eigenvalue weighted by Crippen LogP contribution is -2.21. The van der Waals surface area contributed by atoms with Gasteiger partial charge in [0.2, 0.25) is 5.88 Å². The van der Waals surface area contributed by atoms with E-state index in [0.717, 1.165) is 54.1 Å². The molecule has 4 rings (SSSR count). The normalized spacial score (nSPS) is 13.5. The summed E-state index contributed by atoms with van der Waals surface area (Å²) in [4.78, 5) is 22.6. The first-order chi connectivity index (χ1) is 12.6. The van der Waals surface area contributed by atoms with E-state index in [-0.39, 0.29) is 12.3 Å².